The number of carboxylic acid groups (broad SMARTS) is 1. The number of carbonyl (C=O) groups is 7. The second kappa shape index (κ2) is 20.4. The molecule has 14 nitrogen and oxygen atoms in total. The van der Waals surface area contributed by atoms with E-state index >= 15 is 0 Å². The lowest BCUT2D eigenvalue weighted by atomic mass is 9.98. The lowest BCUT2D eigenvalue weighted by molar-refractivity contribution is -0.144. The fourth-order valence-corrected chi connectivity index (χ4v) is 5.81. The molecular weight excluding hydrogens is 646 g/mol. The second-order valence-corrected chi connectivity index (χ2v) is 13.5. The molecule has 0 aliphatic carbocycles. The van der Waals surface area contributed by atoms with Gasteiger partial charge in [0.25, 0.3) is 5.91 Å². The Hall–Kier alpha value is -4.33. The molecule has 1 heterocycles. The first-order chi connectivity index (χ1) is 23.6. The highest BCUT2D eigenvalue weighted by Crippen LogP contribution is 2.24. The van der Waals surface area contributed by atoms with E-state index in [1.54, 1.807) is 34.6 Å². The van der Waals surface area contributed by atoms with E-state index in [4.69, 9.17) is 9.84 Å². The molecule has 0 radical (unpaired) electrons. The molecule has 0 spiro atoms. The molecule has 0 aromatic heterocycles. The van der Waals surface area contributed by atoms with Gasteiger partial charge >= 0.3 is 5.97 Å². The third kappa shape index (κ3) is 12.5. The lowest BCUT2D eigenvalue weighted by Gasteiger charge is -2.32. The Balaban J connectivity index is 2.18. The van der Waals surface area contributed by atoms with Gasteiger partial charge in [0.15, 0.2) is 0 Å². The van der Waals surface area contributed by atoms with Gasteiger partial charge in [-0.15, -0.1) is 0 Å². The smallest absolute Gasteiger partial charge is 0.303 e. The summed E-state index contributed by atoms with van der Waals surface area (Å²) in [5, 5.41) is 19.7. The number of hydrogen-bond acceptors (Lipinski definition) is 8. The Morgan fingerprint density at radius 3 is 2.04 bits per heavy atom. The van der Waals surface area contributed by atoms with Gasteiger partial charge in [0.2, 0.25) is 29.4 Å². The summed E-state index contributed by atoms with van der Waals surface area (Å²) in [7, 11) is 1.47. The van der Waals surface area contributed by atoms with Crippen LogP contribution in [0.25, 0.3) is 0 Å². The highest BCUT2D eigenvalue weighted by molar-refractivity contribution is 6.38. The Bertz CT molecular complexity index is 1340. The van der Waals surface area contributed by atoms with Crippen LogP contribution in [0.4, 0.5) is 0 Å². The minimum atomic E-state index is -1.12. The van der Waals surface area contributed by atoms with Crippen LogP contribution in [0.2, 0.25) is 0 Å². The summed E-state index contributed by atoms with van der Waals surface area (Å²) in [6, 6.07) is 4.56. The largest absolute Gasteiger partial charge is 0.481 e. The van der Waals surface area contributed by atoms with Gasteiger partial charge in [0, 0.05) is 32.9 Å². The first-order valence-corrected chi connectivity index (χ1v) is 17.5. The molecule has 278 valence electrons. The monoisotopic (exact) mass is 701 g/mol. The quantitative estimate of drug-likeness (QED) is 0.0999. The van der Waals surface area contributed by atoms with Gasteiger partial charge in [0.1, 0.15) is 18.1 Å². The zero-order valence-corrected chi connectivity index (χ0v) is 30.3. The van der Waals surface area contributed by atoms with Crippen LogP contribution in [0.1, 0.15) is 98.1 Å². The number of Topliss-reactive ketones (excluding diaryl/α,β-unsaturated/α-hetero) is 1. The van der Waals surface area contributed by atoms with Gasteiger partial charge in [-0.2, -0.15) is 0 Å². The van der Waals surface area contributed by atoms with Crippen LogP contribution in [-0.4, -0.2) is 95.2 Å². The van der Waals surface area contributed by atoms with Crippen LogP contribution in [0.5, 0.6) is 0 Å². The topological polar surface area (TPSA) is 200 Å². The number of amides is 5. The average Bonchev–Trinajstić information content (AvgIpc) is 3.52. The number of carboxylic acids is 1. The maximum absolute atomic E-state index is 14.1. The van der Waals surface area contributed by atoms with E-state index in [0.717, 1.165) is 5.56 Å². The summed E-state index contributed by atoms with van der Waals surface area (Å²) < 4.78 is 5.51. The number of carbonyl (C=O) groups excluding carboxylic acids is 6. The molecule has 1 aromatic rings. The van der Waals surface area contributed by atoms with Crippen molar-refractivity contribution >= 4 is 41.3 Å². The van der Waals surface area contributed by atoms with Crippen molar-refractivity contribution in [3.8, 4) is 0 Å². The summed E-state index contributed by atoms with van der Waals surface area (Å²) in [4.78, 5) is 92.2. The van der Waals surface area contributed by atoms with Crippen molar-refractivity contribution in [1.29, 1.82) is 0 Å². The molecule has 6 atom stereocenters. The molecule has 5 N–H and O–H groups in total. The number of unbranched alkanes of at least 4 members (excludes halogenated alkanes) is 1. The number of ether oxygens (including phenoxy) is 1. The van der Waals surface area contributed by atoms with Crippen LogP contribution in [0.15, 0.2) is 30.3 Å². The molecule has 50 heavy (non-hydrogen) atoms. The first kappa shape index (κ1) is 41.8. The van der Waals surface area contributed by atoms with Gasteiger partial charge in [-0.3, -0.25) is 33.6 Å². The molecule has 0 bridgehead atoms. The van der Waals surface area contributed by atoms with Crippen LogP contribution >= 0.6 is 0 Å². The summed E-state index contributed by atoms with van der Waals surface area (Å²) in [6.07, 6.45) is 1.03. The summed E-state index contributed by atoms with van der Waals surface area (Å²) in [6.45, 7) is 10.6. The maximum atomic E-state index is 14.1. The van der Waals surface area contributed by atoms with Gasteiger partial charge < -0.3 is 36.0 Å². The number of benzene rings is 1. The Morgan fingerprint density at radius 2 is 1.48 bits per heavy atom. The highest BCUT2D eigenvalue weighted by atomic mass is 16.5. The van der Waals surface area contributed by atoms with Gasteiger partial charge in [-0.25, -0.2) is 0 Å². The molecule has 14 heteroatoms. The van der Waals surface area contributed by atoms with E-state index < -0.39 is 83.5 Å². The fraction of sp³-hybridized carbons (Fsp3) is 0.639. The minimum Gasteiger partial charge on any atom is -0.481 e. The van der Waals surface area contributed by atoms with Gasteiger partial charge in [-0.1, -0.05) is 71.4 Å². The van der Waals surface area contributed by atoms with E-state index in [1.165, 1.54) is 12.0 Å². The first-order valence-electron chi connectivity index (χ1n) is 17.5. The number of nitrogens with zero attached hydrogens (tertiary/aromatic N) is 1. The summed E-state index contributed by atoms with van der Waals surface area (Å²) >= 11 is 0. The molecule has 0 saturated carbocycles. The molecule has 1 aliphatic rings. The van der Waals surface area contributed by atoms with Crippen molar-refractivity contribution in [3.63, 3.8) is 0 Å². The SMILES string of the molecule is CCCC(NC(=O)C1CC(OC)CN1C(=O)[C@@H](NC(=O)[C@@H](NC(=O)CCCCC(=O)O)C(C)C)C(C)C)C(=O)C(=O)N[C@@H](C)c1ccccc1. The molecule has 1 saturated heterocycles. The Morgan fingerprint density at radius 1 is 0.860 bits per heavy atom. The standard InChI is InChI=1S/C36H55N5O9/c1-8-14-26(32(45)35(48)37-23(6)24-15-10-9-11-16-24)38-33(46)27-19-25(50-7)20-41(27)36(49)31(22(4)5)40-34(47)30(21(2)3)39-28(42)17-12-13-18-29(43)44/h9-11,15-16,21-23,25-27,30-31H,8,12-14,17-20H2,1-7H3,(H,37,48)(H,38,46)(H,39,42)(H,40,47)(H,43,44)/t23-,25?,26?,27?,30-,31-/m0/s1. The molecule has 1 fully saturated rings. The molecule has 5 amide bonds. The number of rotatable bonds is 20. The van der Waals surface area contributed by atoms with Crippen molar-refractivity contribution in [2.75, 3.05) is 13.7 Å². The minimum absolute atomic E-state index is 0.0501. The van der Waals surface area contributed by atoms with Crippen molar-refractivity contribution in [2.45, 2.75) is 123 Å². The van der Waals surface area contributed by atoms with E-state index in [0.29, 0.717) is 19.3 Å². The lowest BCUT2D eigenvalue weighted by Crippen LogP contribution is -2.59. The van der Waals surface area contributed by atoms with Crippen LogP contribution in [0.3, 0.4) is 0 Å². The average molecular weight is 702 g/mol. The maximum Gasteiger partial charge on any atom is 0.303 e. The van der Waals surface area contributed by atoms with E-state index in [1.807, 2.05) is 37.3 Å². The summed E-state index contributed by atoms with van der Waals surface area (Å²) in [5.41, 5.74) is 0.817. The van der Waals surface area contributed by atoms with E-state index in [2.05, 4.69) is 21.3 Å². The van der Waals surface area contributed by atoms with Crippen LogP contribution in [0, 0.1) is 11.8 Å². The van der Waals surface area contributed by atoms with Crippen molar-refractivity contribution in [3.05, 3.63) is 35.9 Å². The zero-order chi connectivity index (χ0) is 37.5. The van der Waals surface area contributed by atoms with E-state index in [-0.39, 0.29) is 38.1 Å². The normalized spacial score (nSPS) is 18.1. The number of ketones is 1. The number of nitrogens with one attached hydrogen (secondary N) is 4. The molecule has 3 unspecified atom stereocenters. The number of aliphatic carboxylic acids is 1. The third-order valence-electron chi connectivity index (χ3n) is 8.80. The third-order valence-corrected chi connectivity index (χ3v) is 8.80. The van der Waals surface area contributed by atoms with Gasteiger partial charge in [0.05, 0.1) is 18.2 Å². The highest BCUT2D eigenvalue weighted by Gasteiger charge is 2.44. The van der Waals surface area contributed by atoms with Crippen LogP contribution in [-0.2, 0) is 38.3 Å². The zero-order valence-electron chi connectivity index (χ0n) is 30.3. The fourth-order valence-electron chi connectivity index (χ4n) is 5.81. The van der Waals surface area contributed by atoms with Crippen LogP contribution < -0.4 is 21.3 Å². The number of likely N-dealkylation sites (tertiary alicyclic amines) is 1. The predicted octanol–water partition coefficient (Wildman–Crippen LogP) is 2.26. The molecule has 1 aromatic carbocycles. The molecule has 1 aliphatic heterocycles. The Labute approximate surface area is 294 Å². The Kier molecular flexibility index (Phi) is 17.0. The summed E-state index contributed by atoms with van der Waals surface area (Å²) in [5.74, 6) is -5.42. The van der Waals surface area contributed by atoms with Crippen molar-refractivity contribution in [1.82, 2.24) is 26.2 Å². The molecule has 2 rings (SSSR count). The van der Waals surface area contributed by atoms with E-state index in [9.17, 15) is 33.6 Å². The number of methoxy groups -OCH3 is 1. The van der Waals surface area contributed by atoms with Crippen molar-refractivity contribution < 1.29 is 43.4 Å². The number of hydrogen-bond donors (Lipinski definition) is 5. The van der Waals surface area contributed by atoms with Gasteiger partial charge in [-0.05, 0) is 43.6 Å². The molecular formula is C36H55N5O9. The van der Waals surface area contributed by atoms with Crippen molar-refractivity contribution in [2.24, 2.45) is 11.8 Å². The predicted molar refractivity (Wildman–Crippen MR) is 185 cm³/mol. The second-order valence-electron chi connectivity index (χ2n) is 13.5.